The molecule has 0 unspecified atom stereocenters. The molecule has 1 aromatic rings. The Hall–Kier alpha value is -1.91. The van der Waals surface area contributed by atoms with E-state index in [0.29, 0.717) is 0 Å². The van der Waals surface area contributed by atoms with Gasteiger partial charge in [0.15, 0.2) is 11.5 Å². The molecule has 14 heavy (non-hydrogen) atoms. The van der Waals surface area contributed by atoms with Crippen LogP contribution in [0.3, 0.4) is 0 Å². The fourth-order valence-electron chi connectivity index (χ4n) is 1.01. The fourth-order valence-corrected chi connectivity index (χ4v) is 1.01. The van der Waals surface area contributed by atoms with E-state index in [2.05, 4.69) is 6.92 Å². The van der Waals surface area contributed by atoms with Crippen LogP contribution in [-0.2, 0) is 0 Å². The largest absolute Gasteiger partial charge is 0.490 e. The lowest BCUT2D eigenvalue weighted by Gasteiger charge is -2.02. The van der Waals surface area contributed by atoms with Gasteiger partial charge in [0.2, 0.25) is 0 Å². The first-order chi connectivity index (χ1) is 6.56. The summed E-state index contributed by atoms with van der Waals surface area (Å²) in [5.74, 6) is -0.337. The summed E-state index contributed by atoms with van der Waals surface area (Å²) < 4.78 is 4.77. The molecule has 1 rings (SSSR count). The number of benzene rings is 1. The number of hydrogen-bond acceptors (Lipinski definition) is 4. The van der Waals surface area contributed by atoms with Gasteiger partial charge in [-0.25, -0.2) is 0 Å². The molecule has 0 saturated carbocycles. The quantitative estimate of drug-likeness (QED) is 0.416. The molecule has 0 bridgehead atoms. The van der Waals surface area contributed by atoms with E-state index < -0.39 is 10.7 Å². The smallest absolute Gasteiger partial charge is 0.311 e. The molecular formula is C9H8NO4. The predicted octanol–water partition coefficient (Wildman–Crippen LogP) is 1.62. The number of nitro benzene ring substituents is 1. The Balaban J connectivity index is 3.27. The number of Topliss-reactive ketones (excluding diaryl/α,β-unsaturated/α-hetero) is 1. The highest BCUT2D eigenvalue weighted by Gasteiger charge is 2.16. The van der Waals surface area contributed by atoms with Crippen LogP contribution in [0.25, 0.3) is 0 Å². The van der Waals surface area contributed by atoms with Gasteiger partial charge in [-0.3, -0.25) is 14.9 Å². The standard InChI is InChI=1S/C9H8NO4/c1-6(11)7-3-4-9(14-2)8(5-7)10(12)13/h3-5H,1H2,2H3. The monoisotopic (exact) mass is 194 g/mol. The van der Waals surface area contributed by atoms with E-state index in [9.17, 15) is 14.9 Å². The SMILES string of the molecule is [CH2]C(=O)c1ccc(OC)c([N+](=O)[O-])c1. The molecule has 0 aliphatic rings. The molecule has 73 valence electrons. The van der Waals surface area contributed by atoms with Crippen LogP contribution in [0.15, 0.2) is 18.2 Å². The van der Waals surface area contributed by atoms with E-state index in [0.717, 1.165) is 6.07 Å². The van der Waals surface area contributed by atoms with Crippen LogP contribution in [-0.4, -0.2) is 17.8 Å². The van der Waals surface area contributed by atoms with Gasteiger partial charge in [0, 0.05) is 18.6 Å². The molecule has 5 nitrogen and oxygen atoms in total. The Kier molecular flexibility index (Phi) is 2.81. The Morgan fingerprint density at radius 3 is 2.64 bits per heavy atom. The molecule has 0 N–H and O–H groups in total. The second-order valence-corrected chi connectivity index (χ2v) is 2.57. The normalized spacial score (nSPS) is 9.57. The predicted molar refractivity (Wildman–Crippen MR) is 49.3 cm³/mol. The van der Waals surface area contributed by atoms with Gasteiger partial charge in [0.1, 0.15) is 0 Å². The van der Waals surface area contributed by atoms with Gasteiger partial charge in [0.05, 0.1) is 12.0 Å². The minimum absolute atomic E-state index is 0.125. The van der Waals surface area contributed by atoms with Crippen LogP contribution in [0.1, 0.15) is 10.4 Å². The molecule has 0 aromatic heterocycles. The number of nitrogens with zero attached hydrogens (tertiary/aromatic N) is 1. The highest BCUT2D eigenvalue weighted by Crippen LogP contribution is 2.27. The highest BCUT2D eigenvalue weighted by atomic mass is 16.6. The van der Waals surface area contributed by atoms with E-state index >= 15 is 0 Å². The summed E-state index contributed by atoms with van der Waals surface area (Å²) in [4.78, 5) is 20.8. The molecule has 0 aliphatic carbocycles. The zero-order valence-corrected chi connectivity index (χ0v) is 7.52. The third-order valence-corrected chi connectivity index (χ3v) is 1.70. The summed E-state index contributed by atoms with van der Waals surface area (Å²) in [6, 6.07) is 3.95. The lowest BCUT2D eigenvalue weighted by molar-refractivity contribution is -0.385. The van der Waals surface area contributed by atoms with Crippen molar-refractivity contribution in [3.63, 3.8) is 0 Å². The summed E-state index contributed by atoms with van der Waals surface area (Å²) >= 11 is 0. The van der Waals surface area contributed by atoms with E-state index in [-0.39, 0.29) is 17.0 Å². The number of rotatable bonds is 3. The van der Waals surface area contributed by atoms with Crippen molar-refractivity contribution in [1.82, 2.24) is 0 Å². The Morgan fingerprint density at radius 2 is 2.21 bits per heavy atom. The summed E-state index contributed by atoms with van der Waals surface area (Å²) in [5, 5.41) is 10.5. The zero-order chi connectivity index (χ0) is 10.7. The molecule has 1 aromatic carbocycles. The lowest BCUT2D eigenvalue weighted by atomic mass is 10.1. The van der Waals surface area contributed by atoms with Gasteiger partial charge in [-0.05, 0) is 12.1 Å². The third-order valence-electron chi connectivity index (χ3n) is 1.70. The summed E-state index contributed by atoms with van der Waals surface area (Å²) in [5.41, 5.74) is -0.0421. The van der Waals surface area contributed by atoms with Crippen molar-refractivity contribution in [2.45, 2.75) is 0 Å². The van der Waals surface area contributed by atoms with E-state index in [1.807, 2.05) is 0 Å². The van der Waals surface area contributed by atoms with Crippen molar-refractivity contribution in [1.29, 1.82) is 0 Å². The van der Waals surface area contributed by atoms with Gasteiger partial charge in [-0.1, -0.05) is 0 Å². The van der Waals surface area contributed by atoms with Gasteiger partial charge in [-0.15, -0.1) is 0 Å². The average Bonchev–Trinajstić information content (AvgIpc) is 2.16. The highest BCUT2D eigenvalue weighted by molar-refractivity contribution is 6.00. The van der Waals surface area contributed by atoms with Gasteiger partial charge < -0.3 is 4.74 Å². The second-order valence-electron chi connectivity index (χ2n) is 2.57. The second kappa shape index (κ2) is 3.87. The van der Waals surface area contributed by atoms with Crippen molar-refractivity contribution in [2.75, 3.05) is 7.11 Å². The van der Waals surface area contributed by atoms with Crippen molar-refractivity contribution < 1.29 is 14.5 Å². The molecule has 0 saturated heterocycles. The van der Waals surface area contributed by atoms with E-state index in [1.54, 1.807) is 0 Å². The minimum Gasteiger partial charge on any atom is -0.490 e. The number of ether oxygens (including phenoxy) is 1. The summed E-state index contributed by atoms with van der Waals surface area (Å²) in [6.07, 6.45) is 0. The van der Waals surface area contributed by atoms with E-state index in [4.69, 9.17) is 4.74 Å². The van der Waals surface area contributed by atoms with Crippen molar-refractivity contribution in [3.8, 4) is 5.75 Å². The molecule has 0 amide bonds. The minimum atomic E-state index is -0.606. The topological polar surface area (TPSA) is 69.4 Å². The molecule has 1 radical (unpaired) electrons. The Morgan fingerprint density at radius 1 is 1.57 bits per heavy atom. The third kappa shape index (κ3) is 1.87. The first-order valence-corrected chi connectivity index (χ1v) is 3.75. The van der Waals surface area contributed by atoms with Crippen molar-refractivity contribution in [2.24, 2.45) is 0 Å². The average molecular weight is 194 g/mol. The number of hydrogen-bond donors (Lipinski definition) is 0. The van der Waals surface area contributed by atoms with Crippen molar-refractivity contribution >= 4 is 11.5 Å². The van der Waals surface area contributed by atoms with Crippen LogP contribution >= 0.6 is 0 Å². The molecule has 0 spiro atoms. The van der Waals surface area contributed by atoms with Crippen LogP contribution in [0.5, 0.6) is 5.75 Å². The summed E-state index contributed by atoms with van der Waals surface area (Å²) in [7, 11) is 1.33. The molecule has 0 atom stereocenters. The number of carbonyl (C=O) groups excluding carboxylic acids is 1. The number of nitro groups is 1. The maximum absolute atomic E-state index is 10.8. The number of methoxy groups -OCH3 is 1. The first kappa shape index (κ1) is 10.2. The van der Waals surface area contributed by atoms with Crippen LogP contribution in [0, 0.1) is 17.0 Å². The van der Waals surface area contributed by atoms with Gasteiger partial charge >= 0.3 is 5.69 Å². The molecule has 5 heteroatoms. The Labute approximate surface area is 80.5 Å². The number of carbonyl (C=O) groups is 1. The van der Waals surface area contributed by atoms with Crippen LogP contribution in [0.2, 0.25) is 0 Å². The molecule has 0 aliphatic heterocycles. The maximum Gasteiger partial charge on any atom is 0.311 e. The van der Waals surface area contributed by atoms with Gasteiger partial charge in [-0.2, -0.15) is 0 Å². The van der Waals surface area contributed by atoms with Gasteiger partial charge in [0.25, 0.3) is 0 Å². The van der Waals surface area contributed by atoms with Crippen molar-refractivity contribution in [3.05, 3.63) is 40.8 Å². The fraction of sp³-hybridized carbons (Fsp3) is 0.111. The number of ketones is 1. The first-order valence-electron chi connectivity index (χ1n) is 3.75. The van der Waals surface area contributed by atoms with E-state index in [1.165, 1.54) is 19.2 Å². The van der Waals surface area contributed by atoms with Crippen LogP contribution in [0.4, 0.5) is 5.69 Å². The van der Waals surface area contributed by atoms with Crippen LogP contribution < -0.4 is 4.74 Å². The zero-order valence-electron chi connectivity index (χ0n) is 7.52. The molecule has 0 fully saturated rings. The molecular weight excluding hydrogens is 186 g/mol. The summed E-state index contributed by atoms with van der Waals surface area (Å²) in [6.45, 7) is 3.16. The maximum atomic E-state index is 10.8. The molecule has 0 heterocycles. The lowest BCUT2D eigenvalue weighted by Crippen LogP contribution is -1.98. The Bertz CT molecular complexity index is 386.